The molecular weight excluding hydrogens is 190 g/mol. The van der Waals surface area contributed by atoms with Gasteiger partial charge in [0, 0.05) is 11.3 Å². The summed E-state index contributed by atoms with van der Waals surface area (Å²) in [6.45, 7) is 3.95. The molecule has 0 bridgehead atoms. The van der Waals surface area contributed by atoms with Gasteiger partial charge in [-0.3, -0.25) is 4.79 Å². The van der Waals surface area contributed by atoms with E-state index >= 15 is 0 Å². The molecule has 0 aliphatic heterocycles. The second-order valence-corrected chi connectivity index (χ2v) is 3.86. The van der Waals surface area contributed by atoms with E-state index in [-0.39, 0.29) is 5.92 Å². The summed E-state index contributed by atoms with van der Waals surface area (Å²) in [6, 6.07) is 7.44. The predicted molar refractivity (Wildman–Crippen MR) is 58.8 cm³/mol. The molecule has 78 valence electrons. The van der Waals surface area contributed by atoms with Crippen molar-refractivity contribution in [1.82, 2.24) is 0 Å². The summed E-state index contributed by atoms with van der Waals surface area (Å²) in [4.78, 5) is 11.4. The maximum Gasteiger partial charge on any atom is 0.252 e. The fourth-order valence-corrected chi connectivity index (χ4v) is 1.73. The highest BCUT2D eigenvalue weighted by Crippen LogP contribution is 2.30. The first-order valence-electron chi connectivity index (χ1n) is 4.92. The maximum atomic E-state index is 11.4. The van der Waals surface area contributed by atoms with Gasteiger partial charge in [-0.2, -0.15) is 0 Å². The van der Waals surface area contributed by atoms with E-state index in [1.165, 1.54) is 0 Å². The summed E-state index contributed by atoms with van der Waals surface area (Å²) in [6.07, 6.45) is 0. The highest BCUT2D eigenvalue weighted by molar-refractivity contribution is 6.06. The third-order valence-corrected chi connectivity index (χ3v) is 2.39. The lowest BCUT2D eigenvalue weighted by atomic mass is 10.0. The van der Waals surface area contributed by atoms with Crippen LogP contribution < -0.4 is 5.73 Å². The van der Waals surface area contributed by atoms with Crippen LogP contribution in [0.15, 0.2) is 28.7 Å². The molecule has 0 atom stereocenters. The van der Waals surface area contributed by atoms with Crippen molar-refractivity contribution in [1.29, 1.82) is 0 Å². The number of primary amides is 1. The molecule has 0 fully saturated rings. The second kappa shape index (κ2) is 3.42. The van der Waals surface area contributed by atoms with Gasteiger partial charge in [-0.05, 0) is 6.07 Å². The fraction of sp³-hybridized carbons (Fsp3) is 0.250. The molecular formula is C12H13NO2. The Labute approximate surface area is 87.9 Å². The van der Waals surface area contributed by atoms with Gasteiger partial charge < -0.3 is 10.2 Å². The fourth-order valence-electron chi connectivity index (χ4n) is 1.73. The number of hydrogen-bond acceptors (Lipinski definition) is 2. The Morgan fingerprint density at radius 3 is 2.60 bits per heavy atom. The number of amides is 1. The third kappa shape index (κ3) is 1.50. The molecule has 0 aliphatic carbocycles. The molecule has 1 aromatic carbocycles. The van der Waals surface area contributed by atoms with Crippen LogP contribution in [0.5, 0.6) is 0 Å². The van der Waals surface area contributed by atoms with Crippen molar-refractivity contribution in [3.8, 4) is 0 Å². The lowest BCUT2D eigenvalue weighted by Crippen LogP contribution is -2.12. The van der Waals surface area contributed by atoms with Crippen LogP contribution in [0.4, 0.5) is 0 Å². The molecule has 0 aliphatic rings. The molecule has 0 saturated carbocycles. The van der Waals surface area contributed by atoms with Crippen LogP contribution in [0.1, 0.15) is 35.9 Å². The van der Waals surface area contributed by atoms with Gasteiger partial charge in [0.05, 0.1) is 5.56 Å². The van der Waals surface area contributed by atoms with E-state index in [4.69, 9.17) is 10.2 Å². The highest BCUT2D eigenvalue weighted by atomic mass is 16.3. The predicted octanol–water partition coefficient (Wildman–Crippen LogP) is 2.66. The molecule has 2 N–H and O–H groups in total. The second-order valence-electron chi connectivity index (χ2n) is 3.86. The summed E-state index contributed by atoms with van der Waals surface area (Å²) in [5.41, 5.74) is 6.60. The van der Waals surface area contributed by atoms with Crippen molar-refractivity contribution < 1.29 is 9.21 Å². The van der Waals surface area contributed by atoms with Gasteiger partial charge in [-0.25, -0.2) is 0 Å². The number of rotatable bonds is 2. The summed E-state index contributed by atoms with van der Waals surface area (Å²) >= 11 is 0. The normalized spacial score (nSPS) is 11.1. The van der Waals surface area contributed by atoms with E-state index in [1.807, 2.05) is 38.1 Å². The molecule has 1 heterocycles. The minimum atomic E-state index is -0.427. The number of para-hydroxylation sites is 1. The zero-order valence-corrected chi connectivity index (χ0v) is 8.78. The molecule has 3 nitrogen and oxygen atoms in total. The quantitative estimate of drug-likeness (QED) is 0.815. The van der Waals surface area contributed by atoms with E-state index in [2.05, 4.69) is 0 Å². The maximum absolute atomic E-state index is 11.4. The Bertz CT molecular complexity index is 511. The largest absolute Gasteiger partial charge is 0.460 e. The summed E-state index contributed by atoms with van der Waals surface area (Å²) in [7, 11) is 0. The van der Waals surface area contributed by atoms with Gasteiger partial charge in [0.25, 0.3) is 5.91 Å². The van der Waals surface area contributed by atoms with Crippen LogP contribution in [0.25, 0.3) is 11.0 Å². The Balaban J connectivity index is 2.80. The van der Waals surface area contributed by atoms with Crippen LogP contribution in [-0.2, 0) is 0 Å². The van der Waals surface area contributed by atoms with Crippen LogP contribution in [0.3, 0.4) is 0 Å². The molecule has 1 aromatic heterocycles. The molecule has 0 saturated heterocycles. The van der Waals surface area contributed by atoms with Crippen molar-refractivity contribution in [3.63, 3.8) is 0 Å². The Morgan fingerprint density at radius 2 is 2.00 bits per heavy atom. The van der Waals surface area contributed by atoms with Gasteiger partial charge >= 0.3 is 0 Å². The van der Waals surface area contributed by atoms with Crippen LogP contribution in [-0.4, -0.2) is 5.91 Å². The number of benzene rings is 1. The molecule has 2 rings (SSSR count). The zero-order valence-electron chi connectivity index (χ0n) is 8.78. The van der Waals surface area contributed by atoms with Gasteiger partial charge in [-0.1, -0.05) is 32.0 Å². The minimum absolute atomic E-state index is 0.153. The van der Waals surface area contributed by atoms with E-state index in [9.17, 15) is 4.79 Å². The first kappa shape index (κ1) is 9.77. The number of carbonyl (C=O) groups excluding carboxylic acids is 1. The minimum Gasteiger partial charge on any atom is -0.460 e. The average molecular weight is 203 g/mol. The van der Waals surface area contributed by atoms with E-state index < -0.39 is 5.91 Å². The molecule has 1 amide bonds. The molecule has 0 radical (unpaired) electrons. The highest BCUT2D eigenvalue weighted by Gasteiger charge is 2.20. The average Bonchev–Trinajstić information content (AvgIpc) is 2.56. The standard InChI is InChI=1S/C12H13NO2/c1-7(2)11-10(12(13)14)8-5-3-4-6-9(8)15-11/h3-7H,1-2H3,(H2,13,14). The monoisotopic (exact) mass is 203 g/mol. The number of nitrogens with two attached hydrogens (primary N) is 1. The van der Waals surface area contributed by atoms with Crippen LogP contribution in [0, 0.1) is 0 Å². The molecule has 15 heavy (non-hydrogen) atoms. The lowest BCUT2D eigenvalue weighted by molar-refractivity contribution is 0.0999. The van der Waals surface area contributed by atoms with Crippen LogP contribution in [0.2, 0.25) is 0 Å². The number of carbonyl (C=O) groups is 1. The molecule has 0 unspecified atom stereocenters. The topological polar surface area (TPSA) is 56.2 Å². The van der Waals surface area contributed by atoms with Crippen molar-refractivity contribution in [2.24, 2.45) is 5.73 Å². The van der Waals surface area contributed by atoms with Crippen LogP contribution >= 0.6 is 0 Å². The van der Waals surface area contributed by atoms with E-state index in [0.717, 1.165) is 11.0 Å². The van der Waals surface area contributed by atoms with Crippen molar-refractivity contribution in [3.05, 3.63) is 35.6 Å². The Kier molecular flexibility index (Phi) is 2.23. The van der Waals surface area contributed by atoms with E-state index in [1.54, 1.807) is 0 Å². The number of fused-ring (bicyclic) bond motifs is 1. The summed E-state index contributed by atoms with van der Waals surface area (Å²) < 4.78 is 5.62. The van der Waals surface area contributed by atoms with Gasteiger partial charge in [0.15, 0.2) is 0 Å². The lowest BCUT2D eigenvalue weighted by Gasteiger charge is -2.01. The van der Waals surface area contributed by atoms with Crippen molar-refractivity contribution in [2.75, 3.05) is 0 Å². The number of furan rings is 1. The SMILES string of the molecule is CC(C)c1oc2ccccc2c1C(N)=O. The Morgan fingerprint density at radius 1 is 1.33 bits per heavy atom. The third-order valence-electron chi connectivity index (χ3n) is 2.39. The first-order valence-corrected chi connectivity index (χ1v) is 4.92. The molecule has 3 heteroatoms. The number of hydrogen-bond donors (Lipinski definition) is 1. The summed E-state index contributed by atoms with van der Waals surface area (Å²) in [5, 5.41) is 0.800. The molecule has 2 aromatic rings. The van der Waals surface area contributed by atoms with Gasteiger partial charge in [0.2, 0.25) is 0 Å². The smallest absolute Gasteiger partial charge is 0.252 e. The van der Waals surface area contributed by atoms with Crippen molar-refractivity contribution >= 4 is 16.9 Å². The zero-order chi connectivity index (χ0) is 11.0. The first-order chi connectivity index (χ1) is 7.11. The van der Waals surface area contributed by atoms with E-state index in [0.29, 0.717) is 11.3 Å². The van der Waals surface area contributed by atoms with Crippen molar-refractivity contribution in [2.45, 2.75) is 19.8 Å². The van der Waals surface area contributed by atoms with Gasteiger partial charge in [0.1, 0.15) is 11.3 Å². The molecule has 0 spiro atoms. The Hall–Kier alpha value is -1.77. The van der Waals surface area contributed by atoms with Gasteiger partial charge in [-0.15, -0.1) is 0 Å². The summed E-state index contributed by atoms with van der Waals surface area (Å²) in [5.74, 6) is 0.396.